The van der Waals surface area contributed by atoms with Gasteiger partial charge in [0.25, 0.3) is 0 Å². The number of rotatable bonds is 6. The number of hydrogen-bond donors (Lipinski definition) is 0. The first-order chi connectivity index (χ1) is 11.1. The topological polar surface area (TPSA) is 35.5 Å². The van der Waals surface area contributed by atoms with Crippen molar-refractivity contribution in [1.29, 1.82) is 0 Å². The van der Waals surface area contributed by atoms with E-state index < -0.39 is 0 Å². The van der Waals surface area contributed by atoms with E-state index in [4.69, 9.17) is 21.1 Å². The summed E-state index contributed by atoms with van der Waals surface area (Å²) < 4.78 is 10.6. The summed E-state index contributed by atoms with van der Waals surface area (Å²) in [5, 5.41) is 0.662. The lowest BCUT2D eigenvalue weighted by Gasteiger charge is -2.12. The highest BCUT2D eigenvalue weighted by Gasteiger charge is 2.15. The molecule has 23 heavy (non-hydrogen) atoms. The van der Waals surface area contributed by atoms with Gasteiger partial charge in [-0.05, 0) is 36.1 Å². The molecule has 0 atom stereocenters. The molecule has 0 heterocycles. The Morgan fingerprint density at radius 1 is 1.09 bits per heavy atom. The molecule has 3 nitrogen and oxygen atoms in total. The van der Waals surface area contributed by atoms with Gasteiger partial charge in [-0.1, -0.05) is 29.8 Å². The van der Waals surface area contributed by atoms with E-state index >= 15 is 0 Å². The molecule has 0 saturated heterocycles. The van der Waals surface area contributed by atoms with Crippen molar-refractivity contribution < 1.29 is 14.3 Å². The van der Waals surface area contributed by atoms with Gasteiger partial charge in [-0.25, -0.2) is 0 Å². The fourth-order valence-electron chi connectivity index (χ4n) is 2.06. The second-order valence-electron chi connectivity index (χ2n) is 4.66. The second kappa shape index (κ2) is 8.09. The van der Waals surface area contributed by atoms with Crippen LogP contribution in [0.5, 0.6) is 11.5 Å². The molecule has 5 heteroatoms. The highest BCUT2D eigenvalue weighted by atomic mass is 35.5. The molecule has 0 N–H and O–H groups in total. The highest BCUT2D eigenvalue weighted by Crippen LogP contribution is 2.34. The molecule has 0 aromatic heterocycles. The van der Waals surface area contributed by atoms with E-state index in [2.05, 4.69) is 0 Å². The average molecular weight is 349 g/mol. The third kappa shape index (κ3) is 4.30. The summed E-state index contributed by atoms with van der Waals surface area (Å²) in [7, 11) is 3.13. The van der Waals surface area contributed by atoms with Gasteiger partial charge in [0.1, 0.15) is 11.5 Å². The zero-order valence-corrected chi connectivity index (χ0v) is 14.7. The van der Waals surface area contributed by atoms with Gasteiger partial charge in [0, 0.05) is 11.1 Å². The molecule has 0 spiro atoms. The number of carbonyl (C=O) groups is 1. The normalized spacial score (nSPS) is 10.8. The van der Waals surface area contributed by atoms with E-state index in [1.54, 1.807) is 37.5 Å². The third-order valence-electron chi connectivity index (χ3n) is 3.27. The van der Waals surface area contributed by atoms with Crippen molar-refractivity contribution in [2.45, 2.75) is 4.90 Å². The van der Waals surface area contributed by atoms with Gasteiger partial charge in [0.15, 0.2) is 5.78 Å². The van der Waals surface area contributed by atoms with Crippen LogP contribution in [0.3, 0.4) is 0 Å². The van der Waals surface area contributed by atoms with Crippen LogP contribution in [0, 0.1) is 0 Å². The maximum absolute atomic E-state index is 12.5. The number of halogens is 1. The first kappa shape index (κ1) is 17.4. The number of ether oxygens (including phenoxy) is 2. The molecule has 2 rings (SSSR count). The minimum atomic E-state index is -0.130. The molecule has 0 aliphatic carbocycles. The summed E-state index contributed by atoms with van der Waals surface area (Å²) in [6.07, 6.45) is 5.21. The van der Waals surface area contributed by atoms with Crippen molar-refractivity contribution in [3.05, 3.63) is 58.6 Å². The summed E-state index contributed by atoms with van der Waals surface area (Å²) in [6.45, 7) is 0. The third-order valence-corrected chi connectivity index (χ3v) is 4.28. The fourth-order valence-corrected chi connectivity index (χ4v) is 2.76. The Kier molecular flexibility index (Phi) is 6.13. The molecule has 0 bridgehead atoms. The molecule has 0 aliphatic heterocycles. The maximum Gasteiger partial charge on any atom is 0.189 e. The van der Waals surface area contributed by atoms with Crippen LogP contribution in [0.15, 0.2) is 47.4 Å². The van der Waals surface area contributed by atoms with Crippen LogP contribution < -0.4 is 9.47 Å². The zero-order chi connectivity index (χ0) is 16.8. The minimum Gasteiger partial charge on any atom is -0.496 e. The summed E-state index contributed by atoms with van der Waals surface area (Å²) in [5.41, 5.74) is 1.41. The van der Waals surface area contributed by atoms with Crippen LogP contribution in [-0.2, 0) is 0 Å². The van der Waals surface area contributed by atoms with Crippen molar-refractivity contribution in [3.63, 3.8) is 0 Å². The molecule has 120 valence electrons. The Labute approximate surface area is 145 Å². The predicted molar refractivity (Wildman–Crippen MR) is 96.1 cm³/mol. The van der Waals surface area contributed by atoms with Gasteiger partial charge in [-0.15, -0.1) is 11.8 Å². The number of hydrogen-bond acceptors (Lipinski definition) is 4. The number of ketones is 1. The van der Waals surface area contributed by atoms with Crippen LogP contribution in [0.1, 0.15) is 15.9 Å². The molecule has 0 radical (unpaired) electrons. The highest BCUT2D eigenvalue weighted by molar-refractivity contribution is 7.98. The van der Waals surface area contributed by atoms with Gasteiger partial charge < -0.3 is 9.47 Å². The Hall–Kier alpha value is -1.91. The summed E-state index contributed by atoms with van der Waals surface area (Å²) in [5.74, 6) is 1.05. The number of benzene rings is 2. The molecular weight excluding hydrogens is 332 g/mol. The summed E-state index contributed by atoms with van der Waals surface area (Å²) >= 11 is 7.37. The van der Waals surface area contributed by atoms with Crippen LogP contribution >= 0.6 is 23.4 Å². The molecule has 0 amide bonds. The number of thioether (sulfide) groups is 1. The lowest BCUT2D eigenvalue weighted by Crippen LogP contribution is -2.01. The molecule has 0 unspecified atom stereocenters. The molecule has 0 aliphatic rings. The molecular formula is C18H17ClO3S. The van der Waals surface area contributed by atoms with Crippen molar-refractivity contribution in [3.8, 4) is 11.5 Å². The Balaban J connectivity index is 2.32. The molecule has 0 saturated carbocycles. The quantitative estimate of drug-likeness (QED) is 0.419. The van der Waals surface area contributed by atoms with Crippen LogP contribution in [-0.4, -0.2) is 26.3 Å². The van der Waals surface area contributed by atoms with Crippen LogP contribution in [0.4, 0.5) is 0 Å². The van der Waals surface area contributed by atoms with Gasteiger partial charge in [-0.2, -0.15) is 0 Å². The van der Waals surface area contributed by atoms with E-state index in [9.17, 15) is 4.79 Å². The SMILES string of the molecule is COc1cc(OC)c(C(=O)C=Cc2ccc(Cl)cc2)cc1SC. The Morgan fingerprint density at radius 3 is 2.30 bits per heavy atom. The summed E-state index contributed by atoms with van der Waals surface area (Å²) in [6, 6.07) is 10.8. The average Bonchev–Trinajstić information content (AvgIpc) is 2.59. The van der Waals surface area contributed by atoms with Crippen molar-refractivity contribution >= 4 is 35.2 Å². The number of methoxy groups -OCH3 is 2. The molecule has 0 fully saturated rings. The van der Waals surface area contributed by atoms with E-state index in [1.165, 1.54) is 24.9 Å². The van der Waals surface area contributed by atoms with Gasteiger partial charge in [0.2, 0.25) is 0 Å². The Morgan fingerprint density at radius 2 is 1.74 bits per heavy atom. The summed E-state index contributed by atoms with van der Waals surface area (Å²) in [4.78, 5) is 13.4. The largest absolute Gasteiger partial charge is 0.496 e. The van der Waals surface area contributed by atoms with Crippen LogP contribution in [0.25, 0.3) is 6.08 Å². The lowest BCUT2D eigenvalue weighted by atomic mass is 10.1. The van der Waals surface area contributed by atoms with E-state index in [1.807, 2.05) is 18.4 Å². The predicted octanol–water partition coefficient (Wildman–Crippen LogP) is 4.98. The van der Waals surface area contributed by atoms with E-state index in [-0.39, 0.29) is 5.78 Å². The number of carbonyl (C=O) groups excluding carboxylic acids is 1. The monoisotopic (exact) mass is 348 g/mol. The van der Waals surface area contributed by atoms with E-state index in [0.29, 0.717) is 22.1 Å². The van der Waals surface area contributed by atoms with Gasteiger partial charge >= 0.3 is 0 Å². The smallest absolute Gasteiger partial charge is 0.189 e. The second-order valence-corrected chi connectivity index (χ2v) is 5.94. The van der Waals surface area contributed by atoms with E-state index in [0.717, 1.165) is 10.5 Å². The fraction of sp³-hybridized carbons (Fsp3) is 0.167. The molecule has 2 aromatic carbocycles. The lowest BCUT2D eigenvalue weighted by molar-refractivity contribution is 0.104. The van der Waals surface area contributed by atoms with Crippen molar-refractivity contribution in [2.75, 3.05) is 20.5 Å². The Bertz CT molecular complexity index is 724. The maximum atomic E-state index is 12.5. The zero-order valence-electron chi connectivity index (χ0n) is 13.1. The van der Waals surface area contributed by atoms with Crippen LogP contribution in [0.2, 0.25) is 5.02 Å². The van der Waals surface area contributed by atoms with Gasteiger partial charge in [0.05, 0.1) is 24.7 Å². The first-order valence-electron chi connectivity index (χ1n) is 6.87. The van der Waals surface area contributed by atoms with Crippen molar-refractivity contribution in [1.82, 2.24) is 0 Å². The van der Waals surface area contributed by atoms with Crippen molar-refractivity contribution in [2.24, 2.45) is 0 Å². The van der Waals surface area contributed by atoms with Gasteiger partial charge in [-0.3, -0.25) is 4.79 Å². The first-order valence-corrected chi connectivity index (χ1v) is 8.47. The molecule has 2 aromatic rings. The number of allylic oxidation sites excluding steroid dienone is 1. The standard InChI is InChI=1S/C18H17ClO3S/c1-21-16-11-17(22-2)18(23-3)10-14(16)15(20)9-6-12-4-7-13(19)8-5-12/h4-11H,1-3H3. The minimum absolute atomic E-state index is 0.130.